The average molecular weight is 578 g/mol. The number of alkyl halides is 3. The largest absolute Gasteiger partial charge is 0.505 e. The van der Waals surface area contributed by atoms with Crippen LogP contribution >= 0.6 is 0 Å². The van der Waals surface area contributed by atoms with Crippen molar-refractivity contribution in [2.45, 2.75) is 42.6 Å². The van der Waals surface area contributed by atoms with Crippen LogP contribution in [-0.2, 0) is 22.4 Å². The number of fused-ring (bicyclic) bond motifs is 1. The van der Waals surface area contributed by atoms with Crippen LogP contribution in [0.5, 0.6) is 5.75 Å². The van der Waals surface area contributed by atoms with E-state index in [1.54, 1.807) is 36.4 Å². The maximum atomic E-state index is 13.5. The molecule has 0 amide bonds. The molecule has 0 aliphatic carbocycles. The lowest BCUT2D eigenvalue weighted by molar-refractivity contribution is -0.140. The fourth-order valence-corrected chi connectivity index (χ4v) is 5.12. The van der Waals surface area contributed by atoms with Crippen LogP contribution in [0.4, 0.5) is 24.5 Å². The Morgan fingerprint density at radius 1 is 1.18 bits per heavy atom. The van der Waals surface area contributed by atoms with E-state index < -0.39 is 18.8 Å². The molecule has 1 aliphatic rings. The lowest BCUT2D eigenvalue weighted by Crippen LogP contribution is -2.43. The minimum absolute atomic E-state index is 0.124. The molecule has 4 rings (SSSR count). The lowest BCUT2D eigenvalue weighted by Gasteiger charge is -2.33. The monoisotopic (exact) mass is 577 g/mol. The molecule has 1 fully saturated rings. The summed E-state index contributed by atoms with van der Waals surface area (Å²) in [5, 5.41) is 26.0. The second kappa shape index (κ2) is 13.3. The Bertz CT molecular complexity index is 1380. The molecular weight excluding hydrogens is 545 g/mol. The molecule has 1 aliphatic heterocycles. The van der Waals surface area contributed by atoms with E-state index in [1.807, 2.05) is 6.07 Å². The highest BCUT2D eigenvalue weighted by molar-refractivity contribution is 7.65. The summed E-state index contributed by atoms with van der Waals surface area (Å²) in [4.78, 5) is 2.59. The summed E-state index contributed by atoms with van der Waals surface area (Å²) >= 11 is 0.350. The number of hydrogen-bond acceptors (Lipinski definition) is 7. The molecule has 8 nitrogen and oxygen atoms in total. The summed E-state index contributed by atoms with van der Waals surface area (Å²) in [6, 6.07) is 12.0. The van der Waals surface area contributed by atoms with Crippen LogP contribution in [-0.4, -0.2) is 77.9 Å². The molecule has 1 atom stereocenters. The van der Waals surface area contributed by atoms with Crippen LogP contribution in [0.3, 0.4) is 0 Å². The number of benzene rings is 2. The predicted octanol–water partition coefficient (Wildman–Crippen LogP) is 3.69. The maximum Gasteiger partial charge on any atom is 0.505 e. The summed E-state index contributed by atoms with van der Waals surface area (Å²) in [6.45, 7) is 0.611. The van der Waals surface area contributed by atoms with E-state index in [-0.39, 0.29) is 24.9 Å². The van der Waals surface area contributed by atoms with E-state index in [0.717, 1.165) is 31.6 Å². The predicted molar refractivity (Wildman–Crippen MR) is 149 cm³/mol. The zero-order valence-corrected chi connectivity index (χ0v) is 22.8. The van der Waals surface area contributed by atoms with Gasteiger partial charge in [-0.25, -0.2) is 0 Å². The molecule has 40 heavy (non-hydrogen) atoms. The van der Waals surface area contributed by atoms with Gasteiger partial charge in [-0.3, -0.25) is 0 Å². The van der Waals surface area contributed by atoms with Crippen LogP contribution in [0.1, 0.15) is 18.5 Å². The van der Waals surface area contributed by atoms with E-state index in [1.165, 1.54) is 11.7 Å². The maximum absolute atomic E-state index is 13.5. The number of nitrogens with zero attached hydrogens (tertiary/aromatic N) is 2. The van der Waals surface area contributed by atoms with Crippen LogP contribution in [0, 0.1) is 11.8 Å². The molecule has 1 saturated heterocycles. The van der Waals surface area contributed by atoms with Crippen molar-refractivity contribution >= 4 is 33.9 Å². The van der Waals surface area contributed by atoms with Gasteiger partial charge in [0, 0.05) is 47.0 Å². The van der Waals surface area contributed by atoms with Crippen molar-refractivity contribution in [3.05, 3.63) is 48.2 Å². The number of anilines is 2. The van der Waals surface area contributed by atoms with Crippen molar-refractivity contribution in [2.24, 2.45) is 0 Å². The molecule has 214 valence electrons. The number of aliphatic hydroxyl groups is 2. The molecule has 1 aromatic heterocycles. The molecular formula is C28H32F3N4O4S+. The Kier molecular flexibility index (Phi) is 9.86. The first-order valence-electron chi connectivity index (χ1n) is 12.9. The minimum atomic E-state index is -4.43. The van der Waals surface area contributed by atoms with Gasteiger partial charge in [-0.2, -0.15) is 13.2 Å². The number of nitrogens with one attached hydrogen (secondary N) is 2. The van der Waals surface area contributed by atoms with Crippen molar-refractivity contribution in [3.8, 4) is 17.6 Å². The highest BCUT2D eigenvalue weighted by Crippen LogP contribution is 2.31. The van der Waals surface area contributed by atoms with Gasteiger partial charge in [0.15, 0.2) is 0 Å². The molecule has 12 heteroatoms. The van der Waals surface area contributed by atoms with Gasteiger partial charge in [0.25, 0.3) is 4.90 Å². The summed E-state index contributed by atoms with van der Waals surface area (Å²) in [5.41, 5.74) is 2.06. The first-order valence-corrected chi connectivity index (χ1v) is 13.6. The first-order chi connectivity index (χ1) is 19.2. The van der Waals surface area contributed by atoms with Crippen molar-refractivity contribution in [1.29, 1.82) is 0 Å². The minimum Gasteiger partial charge on any atom is -0.494 e. The van der Waals surface area contributed by atoms with E-state index in [4.69, 9.17) is 9.84 Å². The standard InChI is InChI=1S/C28H32F3N4O4S/c1-39-27-15-22(40-38)7-8-25(27)32-11-3-4-20-14-23-24(5-2-6-26(23)35(20)18-28(29,30)31)33-19-9-12-34(13-10-19)16-21(37)17-36/h2,5-8,14-15,19,21,32-33,36-37H,9-13,16-18H2,1H3/q+1. The van der Waals surface area contributed by atoms with Crippen molar-refractivity contribution < 1.29 is 32.3 Å². The lowest BCUT2D eigenvalue weighted by atomic mass is 10.0. The zero-order valence-electron chi connectivity index (χ0n) is 22.0. The summed E-state index contributed by atoms with van der Waals surface area (Å²) in [5.74, 6) is 6.27. The summed E-state index contributed by atoms with van der Waals surface area (Å²) in [6.07, 6.45) is -3.60. The van der Waals surface area contributed by atoms with E-state index >= 15 is 0 Å². The first kappa shape index (κ1) is 29.6. The SMILES string of the molecule is COc1cc([S+]=O)ccc1NCC#Cc1cc2c(NC3CCN(CC(O)CO)CC3)cccc2n1CC(F)(F)F. The van der Waals surface area contributed by atoms with Crippen LogP contribution in [0.25, 0.3) is 10.9 Å². The second-order valence-electron chi connectivity index (χ2n) is 9.63. The molecule has 2 aromatic carbocycles. The van der Waals surface area contributed by atoms with Gasteiger partial charge < -0.3 is 35.1 Å². The number of hydrogen-bond donors (Lipinski definition) is 4. The molecule has 0 bridgehead atoms. The number of aliphatic hydroxyl groups excluding tert-OH is 2. The fraction of sp³-hybridized carbons (Fsp3) is 0.429. The number of β-amino-alcohol motifs (C(OH)–C–C–N with tert-alkyl or cyclic N) is 1. The van der Waals surface area contributed by atoms with E-state index in [2.05, 4.69) is 27.4 Å². The number of aromatic nitrogens is 1. The smallest absolute Gasteiger partial charge is 0.494 e. The highest BCUT2D eigenvalue weighted by atomic mass is 32.1. The van der Waals surface area contributed by atoms with Gasteiger partial charge >= 0.3 is 17.8 Å². The van der Waals surface area contributed by atoms with E-state index in [9.17, 15) is 22.5 Å². The third kappa shape index (κ3) is 7.63. The number of rotatable bonds is 10. The normalized spacial score (nSPS) is 15.3. The van der Waals surface area contributed by atoms with E-state index in [0.29, 0.717) is 45.4 Å². The summed E-state index contributed by atoms with van der Waals surface area (Å²) < 4.78 is 58.1. The molecule has 2 heterocycles. The average Bonchev–Trinajstić information content (AvgIpc) is 3.28. The topological polar surface area (TPSA) is 99.0 Å². The number of halogens is 3. The second-order valence-corrected chi connectivity index (χ2v) is 10.3. The quantitative estimate of drug-likeness (QED) is 0.216. The van der Waals surface area contributed by atoms with Gasteiger partial charge in [0.2, 0.25) is 0 Å². The number of likely N-dealkylation sites (tertiary alicyclic amines) is 1. The van der Waals surface area contributed by atoms with Crippen LogP contribution in [0.15, 0.2) is 47.4 Å². The third-order valence-electron chi connectivity index (χ3n) is 6.76. The van der Waals surface area contributed by atoms with Crippen molar-refractivity contribution in [2.75, 3.05) is 50.5 Å². The third-order valence-corrected chi connectivity index (χ3v) is 7.21. The molecule has 0 spiro atoms. The molecule has 4 N–H and O–H groups in total. The Morgan fingerprint density at radius 2 is 1.95 bits per heavy atom. The molecule has 3 aromatic rings. The Labute approximate surface area is 234 Å². The molecule has 0 saturated carbocycles. The highest BCUT2D eigenvalue weighted by Gasteiger charge is 2.30. The van der Waals surface area contributed by atoms with Gasteiger partial charge in [-0.05, 0) is 43.0 Å². The van der Waals surface area contributed by atoms with Crippen LogP contribution in [0.2, 0.25) is 0 Å². The van der Waals surface area contributed by atoms with Gasteiger partial charge in [0.1, 0.15) is 12.3 Å². The molecule has 0 radical (unpaired) electrons. The van der Waals surface area contributed by atoms with Gasteiger partial charge in [0.05, 0.1) is 49.3 Å². The van der Waals surface area contributed by atoms with Crippen molar-refractivity contribution in [3.63, 3.8) is 0 Å². The molecule has 1 unspecified atom stereocenters. The number of piperidine rings is 1. The Morgan fingerprint density at radius 3 is 2.62 bits per heavy atom. The fourth-order valence-electron chi connectivity index (χ4n) is 4.84. The number of ether oxygens (including phenoxy) is 1. The van der Waals surface area contributed by atoms with Crippen LogP contribution < -0.4 is 15.4 Å². The summed E-state index contributed by atoms with van der Waals surface area (Å²) in [7, 11) is 1.48. The van der Waals surface area contributed by atoms with Crippen molar-refractivity contribution in [1.82, 2.24) is 9.47 Å². The Balaban J connectivity index is 1.53. The number of methoxy groups -OCH3 is 1. The van der Waals surface area contributed by atoms with Gasteiger partial charge in [-0.1, -0.05) is 12.0 Å². The van der Waals surface area contributed by atoms with Gasteiger partial charge in [-0.15, -0.1) is 0 Å². The Hall–Kier alpha value is -3.37. The zero-order chi connectivity index (χ0) is 28.7.